The van der Waals surface area contributed by atoms with Crippen LogP contribution >= 0.6 is 0 Å². The summed E-state index contributed by atoms with van der Waals surface area (Å²) in [6, 6.07) is -3.01. The van der Waals surface area contributed by atoms with Crippen LogP contribution in [0, 0.1) is 0 Å². The lowest BCUT2D eigenvalue weighted by Gasteiger charge is -2.48. The molecular formula is C28H50N2O21. The number of aliphatic hydroxyl groups is 13. The number of carbonyl (C=O) groups is 2. The van der Waals surface area contributed by atoms with Gasteiger partial charge in [0.2, 0.25) is 11.8 Å². The minimum absolute atomic E-state index is 0.684. The Hall–Kier alpha value is -1.82. The fourth-order valence-electron chi connectivity index (χ4n) is 5.84. The van der Waals surface area contributed by atoms with Gasteiger partial charge in [0.1, 0.15) is 97.5 Å². The van der Waals surface area contributed by atoms with Crippen molar-refractivity contribution in [2.45, 2.75) is 130 Å². The second kappa shape index (κ2) is 19.5. The average molecular weight is 751 g/mol. The number of aliphatic hydroxyl groups excluding tert-OH is 13. The van der Waals surface area contributed by atoms with Crippen LogP contribution in [0.4, 0.5) is 0 Å². The molecule has 0 bridgehead atoms. The van der Waals surface area contributed by atoms with Gasteiger partial charge in [-0.1, -0.05) is 0 Å². The molecule has 0 unspecified atom stereocenters. The second-order valence-corrected chi connectivity index (χ2v) is 12.4. The van der Waals surface area contributed by atoms with E-state index >= 15 is 0 Å². The predicted molar refractivity (Wildman–Crippen MR) is 159 cm³/mol. The Balaban J connectivity index is 1.98. The molecule has 0 spiro atoms. The van der Waals surface area contributed by atoms with Crippen molar-refractivity contribution in [2.75, 3.05) is 33.0 Å². The van der Waals surface area contributed by atoms with Crippen molar-refractivity contribution in [2.24, 2.45) is 0 Å². The minimum atomic E-state index is -2.14. The topological polar surface area (TPSA) is 377 Å². The number of hydrogen-bond acceptors (Lipinski definition) is 21. The lowest BCUT2D eigenvalue weighted by atomic mass is 9.95. The van der Waals surface area contributed by atoms with Crippen LogP contribution in [-0.4, -0.2) is 228 Å². The molecule has 0 aliphatic carbocycles. The molecule has 0 aromatic heterocycles. The molecule has 23 nitrogen and oxygen atoms in total. The van der Waals surface area contributed by atoms with Gasteiger partial charge >= 0.3 is 0 Å². The number of hydrogen-bond donors (Lipinski definition) is 15. The van der Waals surface area contributed by atoms with Crippen LogP contribution in [0.25, 0.3) is 0 Å². The third kappa shape index (κ3) is 10.4. The number of amides is 2. The summed E-state index contributed by atoms with van der Waals surface area (Å²) in [5.41, 5.74) is 0. The van der Waals surface area contributed by atoms with Crippen molar-refractivity contribution >= 4 is 11.8 Å². The smallest absolute Gasteiger partial charge is 0.217 e. The SMILES string of the molecule is CC(=O)N[C@H]1[C@H](OC[C@H]2O[C@@H](O[C@@H]([C@H](O)[C@@H](O)CO)[C@H](O)CO)[C@H](O)[C@@H](O[C@@H]3O[C@H](CO)[C@@H](O)[C@H](O)[C@H]3NC(C)=O)[C@H]2O)O[C@H](CO)[C@@H](O)[C@@H]1O. The van der Waals surface area contributed by atoms with E-state index < -0.39 is 161 Å². The zero-order valence-electron chi connectivity index (χ0n) is 27.6. The van der Waals surface area contributed by atoms with Crippen molar-refractivity contribution in [3.63, 3.8) is 0 Å². The predicted octanol–water partition coefficient (Wildman–Crippen LogP) is -9.83. The second-order valence-electron chi connectivity index (χ2n) is 12.4. The highest BCUT2D eigenvalue weighted by molar-refractivity contribution is 5.73. The van der Waals surface area contributed by atoms with Crippen LogP contribution in [0.1, 0.15) is 13.8 Å². The number of rotatable bonds is 16. The molecule has 3 aliphatic heterocycles. The molecule has 3 saturated heterocycles. The van der Waals surface area contributed by atoms with E-state index in [1.54, 1.807) is 0 Å². The largest absolute Gasteiger partial charge is 0.394 e. The van der Waals surface area contributed by atoms with E-state index in [2.05, 4.69) is 10.6 Å². The van der Waals surface area contributed by atoms with E-state index in [1.807, 2.05) is 0 Å². The van der Waals surface area contributed by atoms with Gasteiger partial charge < -0.3 is 105 Å². The summed E-state index contributed by atoms with van der Waals surface area (Å²) in [5, 5.41) is 139. The summed E-state index contributed by atoms with van der Waals surface area (Å²) in [5.74, 6) is -1.42. The van der Waals surface area contributed by atoms with E-state index in [1.165, 1.54) is 0 Å². The van der Waals surface area contributed by atoms with Gasteiger partial charge in [0.05, 0.1) is 33.0 Å². The molecular weight excluding hydrogens is 700 g/mol. The maximum atomic E-state index is 11.9. The van der Waals surface area contributed by atoms with Gasteiger partial charge in [-0.3, -0.25) is 9.59 Å². The van der Waals surface area contributed by atoms with Gasteiger partial charge in [-0.15, -0.1) is 0 Å². The molecule has 3 heterocycles. The van der Waals surface area contributed by atoms with Crippen molar-refractivity contribution < 1.29 is 104 Å². The third-order valence-electron chi connectivity index (χ3n) is 8.63. The van der Waals surface area contributed by atoms with E-state index in [0.717, 1.165) is 13.8 Å². The van der Waals surface area contributed by atoms with Crippen LogP contribution < -0.4 is 10.6 Å². The van der Waals surface area contributed by atoms with Crippen LogP contribution in [0.15, 0.2) is 0 Å². The number of nitrogens with one attached hydrogen (secondary N) is 2. The number of carbonyl (C=O) groups excluding carboxylic acids is 2. The summed E-state index contributed by atoms with van der Waals surface area (Å²) in [6.07, 6.45) is -31.1. The van der Waals surface area contributed by atoms with Crippen molar-refractivity contribution in [1.29, 1.82) is 0 Å². The Labute approximate surface area is 290 Å². The summed E-state index contributed by atoms with van der Waals surface area (Å²) in [7, 11) is 0. The minimum Gasteiger partial charge on any atom is -0.394 e. The normalized spacial score (nSPS) is 41.3. The Bertz CT molecular complexity index is 1100. The quantitative estimate of drug-likeness (QED) is 0.0696. The fraction of sp³-hybridized carbons (Fsp3) is 0.929. The van der Waals surface area contributed by atoms with Crippen LogP contribution in [0.3, 0.4) is 0 Å². The molecule has 0 aromatic carbocycles. The Morgan fingerprint density at radius 2 is 1.10 bits per heavy atom. The highest BCUT2D eigenvalue weighted by Crippen LogP contribution is 2.32. The number of ether oxygens (including phenoxy) is 6. The maximum absolute atomic E-state index is 11.9. The lowest BCUT2D eigenvalue weighted by molar-refractivity contribution is -0.365. The van der Waals surface area contributed by atoms with Crippen LogP contribution in [0.2, 0.25) is 0 Å². The standard InChI is InChI=1S/C28H50N2O21/c1-8(35)29-15-21(43)18(40)12(5-33)47-26(15)46-7-14-20(42)25(51-27-16(30-9(2)36)22(44)19(41)13(6-34)48-27)23(45)28(49-14)50-24(11(38)4-32)17(39)10(37)3-31/h10-28,31-34,37-45H,3-7H2,1-2H3,(H,29,35)(H,30,36)/t10-,11+,12+,13+,14+,15+,16+,17+,18+,19+,20-,21+,22+,23+,24+,25-,26+,27-,28-/m0/s1. The molecule has 298 valence electrons. The lowest BCUT2D eigenvalue weighted by Crippen LogP contribution is -2.68. The van der Waals surface area contributed by atoms with Gasteiger partial charge in [0.15, 0.2) is 18.9 Å². The Morgan fingerprint density at radius 1 is 0.627 bits per heavy atom. The average Bonchev–Trinajstić information content (AvgIpc) is 3.09. The van der Waals surface area contributed by atoms with Crippen LogP contribution in [-0.2, 0) is 38.0 Å². The first-order chi connectivity index (χ1) is 24.0. The molecule has 23 heteroatoms. The molecule has 19 atom stereocenters. The van der Waals surface area contributed by atoms with Gasteiger partial charge in [0, 0.05) is 13.8 Å². The van der Waals surface area contributed by atoms with E-state index in [9.17, 15) is 76.0 Å². The first kappa shape index (κ1) is 43.6. The Kier molecular flexibility index (Phi) is 16.7. The van der Waals surface area contributed by atoms with Crippen molar-refractivity contribution in [3.05, 3.63) is 0 Å². The van der Waals surface area contributed by atoms with Crippen molar-refractivity contribution in [3.8, 4) is 0 Å². The zero-order chi connectivity index (χ0) is 38.3. The third-order valence-corrected chi connectivity index (χ3v) is 8.63. The van der Waals surface area contributed by atoms with Gasteiger partial charge in [-0.2, -0.15) is 0 Å². The van der Waals surface area contributed by atoms with E-state index in [4.69, 9.17) is 28.4 Å². The van der Waals surface area contributed by atoms with E-state index in [-0.39, 0.29) is 0 Å². The molecule has 15 N–H and O–H groups in total. The van der Waals surface area contributed by atoms with Crippen LogP contribution in [0.5, 0.6) is 0 Å². The monoisotopic (exact) mass is 750 g/mol. The molecule has 3 aliphatic rings. The molecule has 51 heavy (non-hydrogen) atoms. The Morgan fingerprint density at radius 3 is 1.57 bits per heavy atom. The first-order valence-corrected chi connectivity index (χ1v) is 16.0. The first-order valence-electron chi connectivity index (χ1n) is 16.0. The fourth-order valence-corrected chi connectivity index (χ4v) is 5.84. The highest BCUT2D eigenvalue weighted by Gasteiger charge is 2.53. The summed E-state index contributed by atoms with van der Waals surface area (Å²) in [6.45, 7) is -2.40. The molecule has 2 amide bonds. The highest BCUT2D eigenvalue weighted by atomic mass is 16.7. The van der Waals surface area contributed by atoms with Gasteiger partial charge in [0.25, 0.3) is 0 Å². The summed E-state index contributed by atoms with van der Waals surface area (Å²) in [4.78, 5) is 23.8. The van der Waals surface area contributed by atoms with Gasteiger partial charge in [-0.05, 0) is 0 Å². The molecule has 0 saturated carbocycles. The molecule has 3 fully saturated rings. The van der Waals surface area contributed by atoms with Gasteiger partial charge in [-0.25, -0.2) is 0 Å². The molecule has 0 radical (unpaired) electrons. The summed E-state index contributed by atoms with van der Waals surface area (Å²) >= 11 is 0. The molecule has 0 aromatic rings. The summed E-state index contributed by atoms with van der Waals surface area (Å²) < 4.78 is 33.8. The maximum Gasteiger partial charge on any atom is 0.217 e. The van der Waals surface area contributed by atoms with E-state index in [0.29, 0.717) is 0 Å². The zero-order valence-corrected chi connectivity index (χ0v) is 27.6. The van der Waals surface area contributed by atoms with Crippen molar-refractivity contribution in [1.82, 2.24) is 10.6 Å². The molecule has 3 rings (SSSR count).